The lowest BCUT2D eigenvalue weighted by molar-refractivity contribution is -0.151. The van der Waals surface area contributed by atoms with Gasteiger partial charge in [0.1, 0.15) is 12.0 Å². The zero-order valence-corrected chi connectivity index (χ0v) is 11.5. The molecule has 0 spiro atoms. The maximum absolute atomic E-state index is 12.0. The van der Waals surface area contributed by atoms with E-state index < -0.39 is 11.4 Å². The molecule has 0 unspecified atom stereocenters. The van der Waals surface area contributed by atoms with Gasteiger partial charge < -0.3 is 19.8 Å². The van der Waals surface area contributed by atoms with Crippen molar-refractivity contribution in [3.63, 3.8) is 0 Å². The number of carbonyl (C=O) groups is 2. The molecule has 1 aromatic heterocycles. The highest BCUT2D eigenvalue weighted by Gasteiger charge is 2.40. The van der Waals surface area contributed by atoms with Crippen LogP contribution in [-0.2, 0) is 11.3 Å². The highest BCUT2D eigenvalue weighted by Crippen LogP contribution is 2.35. The van der Waals surface area contributed by atoms with E-state index in [1.165, 1.54) is 6.26 Å². The topological polar surface area (TPSA) is 95.7 Å². The normalized spacial score (nSPS) is 17.8. The molecule has 110 valence electrons. The van der Waals surface area contributed by atoms with Crippen LogP contribution >= 0.6 is 0 Å². The number of hydrogen-bond acceptors (Lipinski definition) is 4. The van der Waals surface area contributed by atoms with Crippen molar-refractivity contribution >= 4 is 12.0 Å². The fourth-order valence-corrected chi connectivity index (χ4v) is 2.46. The van der Waals surface area contributed by atoms with Crippen molar-refractivity contribution < 1.29 is 19.2 Å². The number of amides is 2. The van der Waals surface area contributed by atoms with Crippen molar-refractivity contribution in [2.24, 2.45) is 5.41 Å². The quantitative estimate of drug-likeness (QED) is 0.871. The largest absolute Gasteiger partial charge is 0.481 e. The first-order valence-corrected chi connectivity index (χ1v) is 6.73. The van der Waals surface area contributed by atoms with Crippen molar-refractivity contribution in [3.8, 4) is 0 Å². The minimum Gasteiger partial charge on any atom is -0.481 e. The number of hydrogen-bond donors (Lipinski definition) is 2. The molecule has 0 bridgehead atoms. The SMILES string of the molecule is CCC1(C(=O)O)CCN(C(=O)NCc2ccon2)CC1. The Hall–Kier alpha value is -2.05. The molecule has 2 N–H and O–H groups in total. The average Bonchev–Trinajstić information content (AvgIpc) is 2.98. The van der Waals surface area contributed by atoms with Gasteiger partial charge in [-0.3, -0.25) is 4.79 Å². The first kappa shape index (κ1) is 14.4. The Kier molecular flexibility index (Phi) is 4.26. The third-order valence-corrected chi connectivity index (χ3v) is 4.05. The molecular weight excluding hydrogens is 262 g/mol. The van der Waals surface area contributed by atoms with E-state index in [0.717, 1.165) is 0 Å². The number of piperidine rings is 1. The molecule has 1 aliphatic rings. The van der Waals surface area contributed by atoms with Crippen LogP contribution in [0.1, 0.15) is 31.9 Å². The van der Waals surface area contributed by atoms with E-state index in [1.807, 2.05) is 6.92 Å². The fraction of sp³-hybridized carbons (Fsp3) is 0.615. The van der Waals surface area contributed by atoms with Crippen LogP contribution in [0.15, 0.2) is 16.9 Å². The number of carboxylic acid groups (broad SMARTS) is 1. The number of urea groups is 1. The van der Waals surface area contributed by atoms with Crippen LogP contribution in [0.2, 0.25) is 0 Å². The number of likely N-dealkylation sites (tertiary alicyclic amines) is 1. The van der Waals surface area contributed by atoms with E-state index in [1.54, 1.807) is 11.0 Å². The third-order valence-electron chi connectivity index (χ3n) is 4.05. The van der Waals surface area contributed by atoms with E-state index in [9.17, 15) is 14.7 Å². The lowest BCUT2D eigenvalue weighted by atomic mass is 9.76. The zero-order chi connectivity index (χ0) is 14.6. The Morgan fingerprint density at radius 3 is 2.70 bits per heavy atom. The molecule has 1 aromatic rings. The Morgan fingerprint density at radius 1 is 1.50 bits per heavy atom. The molecule has 0 saturated carbocycles. The van der Waals surface area contributed by atoms with Crippen molar-refractivity contribution in [2.75, 3.05) is 13.1 Å². The summed E-state index contributed by atoms with van der Waals surface area (Å²) in [5.74, 6) is -0.761. The summed E-state index contributed by atoms with van der Waals surface area (Å²) in [5.41, 5.74) is -0.0214. The number of carboxylic acids is 1. The number of aromatic nitrogens is 1. The van der Waals surface area contributed by atoms with Crippen LogP contribution in [0.5, 0.6) is 0 Å². The van der Waals surface area contributed by atoms with E-state index in [0.29, 0.717) is 44.6 Å². The average molecular weight is 281 g/mol. The molecule has 20 heavy (non-hydrogen) atoms. The zero-order valence-electron chi connectivity index (χ0n) is 11.5. The smallest absolute Gasteiger partial charge is 0.317 e. The van der Waals surface area contributed by atoms with Gasteiger partial charge in [0.25, 0.3) is 0 Å². The van der Waals surface area contributed by atoms with E-state index >= 15 is 0 Å². The third kappa shape index (κ3) is 2.92. The van der Waals surface area contributed by atoms with Crippen LogP contribution in [-0.4, -0.2) is 40.3 Å². The second-order valence-corrected chi connectivity index (χ2v) is 5.08. The summed E-state index contributed by atoms with van der Waals surface area (Å²) in [6.07, 6.45) is 3.04. The molecular formula is C13H19N3O4. The molecule has 1 fully saturated rings. The summed E-state index contributed by atoms with van der Waals surface area (Å²) in [4.78, 5) is 24.9. The maximum atomic E-state index is 12.0. The molecule has 0 atom stereocenters. The maximum Gasteiger partial charge on any atom is 0.317 e. The molecule has 7 nitrogen and oxygen atoms in total. The van der Waals surface area contributed by atoms with Crippen LogP contribution in [0.4, 0.5) is 4.79 Å². The Balaban J connectivity index is 1.84. The molecule has 0 aliphatic carbocycles. The number of aliphatic carboxylic acids is 1. The Morgan fingerprint density at radius 2 is 2.20 bits per heavy atom. The van der Waals surface area contributed by atoms with Gasteiger partial charge in [0, 0.05) is 19.2 Å². The first-order chi connectivity index (χ1) is 9.57. The number of nitrogens with one attached hydrogen (secondary N) is 1. The minimum atomic E-state index is -0.761. The summed E-state index contributed by atoms with van der Waals surface area (Å²) in [7, 11) is 0. The number of rotatable bonds is 4. The standard InChI is InChI=1S/C13H19N3O4/c1-2-13(11(17)18)4-6-16(7-5-13)12(19)14-9-10-3-8-20-15-10/h3,8H,2,4-7,9H2,1H3,(H,14,19)(H,17,18). The molecule has 0 aromatic carbocycles. The highest BCUT2D eigenvalue weighted by atomic mass is 16.5. The molecule has 2 amide bonds. The number of carbonyl (C=O) groups excluding carboxylic acids is 1. The highest BCUT2D eigenvalue weighted by molar-refractivity contribution is 5.77. The molecule has 2 heterocycles. The van der Waals surface area contributed by atoms with Crippen molar-refractivity contribution in [3.05, 3.63) is 18.0 Å². The second kappa shape index (κ2) is 5.94. The monoisotopic (exact) mass is 281 g/mol. The van der Waals surface area contributed by atoms with Crippen molar-refractivity contribution in [1.29, 1.82) is 0 Å². The van der Waals surface area contributed by atoms with Gasteiger partial charge in [0.2, 0.25) is 0 Å². The van der Waals surface area contributed by atoms with Gasteiger partial charge in [-0.1, -0.05) is 12.1 Å². The summed E-state index contributed by atoms with van der Waals surface area (Å²) >= 11 is 0. The number of nitrogens with zero attached hydrogens (tertiary/aromatic N) is 2. The van der Waals surface area contributed by atoms with Crippen LogP contribution in [0.25, 0.3) is 0 Å². The van der Waals surface area contributed by atoms with Crippen LogP contribution < -0.4 is 5.32 Å². The second-order valence-electron chi connectivity index (χ2n) is 5.08. The molecule has 1 saturated heterocycles. The van der Waals surface area contributed by atoms with Gasteiger partial charge in [-0.25, -0.2) is 4.79 Å². The van der Waals surface area contributed by atoms with Gasteiger partial charge in [0.05, 0.1) is 12.0 Å². The van der Waals surface area contributed by atoms with Crippen LogP contribution in [0, 0.1) is 5.41 Å². The Bertz CT molecular complexity index is 464. The van der Waals surface area contributed by atoms with E-state index in [2.05, 4.69) is 15.0 Å². The lowest BCUT2D eigenvalue weighted by Gasteiger charge is -2.38. The van der Waals surface area contributed by atoms with Gasteiger partial charge in [-0.15, -0.1) is 0 Å². The first-order valence-electron chi connectivity index (χ1n) is 6.73. The predicted molar refractivity (Wildman–Crippen MR) is 69.9 cm³/mol. The fourth-order valence-electron chi connectivity index (χ4n) is 2.46. The van der Waals surface area contributed by atoms with Gasteiger partial charge in [0.15, 0.2) is 0 Å². The van der Waals surface area contributed by atoms with Gasteiger partial charge in [-0.2, -0.15) is 0 Å². The minimum absolute atomic E-state index is 0.192. The van der Waals surface area contributed by atoms with Crippen molar-refractivity contribution in [2.45, 2.75) is 32.7 Å². The van der Waals surface area contributed by atoms with Crippen molar-refractivity contribution in [1.82, 2.24) is 15.4 Å². The van der Waals surface area contributed by atoms with E-state index in [-0.39, 0.29) is 6.03 Å². The summed E-state index contributed by atoms with van der Waals surface area (Å²) in [5, 5.41) is 15.8. The summed E-state index contributed by atoms with van der Waals surface area (Å²) in [6, 6.07) is 1.49. The lowest BCUT2D eigenvalue weighted by Crippen LogP contribution is -2.49. The molecule has 0 radical (unpaired) electrons. The Labute approximate surface area is 116 Å². The summed E-state index contributed by atoms with van der Waals surface area (Å²) < 4.78 is 4.68. The predicted octanol–water partition coefficient (Wildman–Crippen LogP) is 1.46. The molecule has 1 aliphatic heterocycles. The van der Waals surface area contributed by atoms with Gasteiger partial charge >= 0.3 is 12.0 Å². The van der Waals surface area contributed by atoms with Gasteiger partial charge in [-0.05, 0) is 19.3 Å². The molecule has 7 heteroatoms. The van der Waals surface area contributed by atoms with Crippen LogP contribution in [0.3, 0.4) is 0 Å². The van der Waals surface area contributed by atoms with E-state index in [4.69, 9.17) is 0 Å². The molecule has 2 rings (SSSR count). The summed E-state index contributed by atoms with van der Waals surface area (Å²) in [6.45, 7) is 3.12.